The van der Waals surface area contributed by atoms with E-state index >= 15 is 0 Å². The SMILES string of the molecule is Cn1cccc1C(=O)N1CCN2C[C@H](OCC3CC3)C[C@H]2C1. The Morgan fingerprint density at radius 1 is 1.32 bits per heavy atom. The second-order valence-corrected chi connectivity index (χ2v) is 7.04. The molecule has 2 saturated heterocycles. The summed E-state index contributed by atoms with van der Waals surface area (Å²) < 4.78 is 7.96. The maximum Gasteiger partial charge on any atom is 0.270 e. The van der Waals surface area contributed by atoms with Crippen LogP contribution in [-0.2, 0) is 11.8 Å². The van der Waals surface area contributed by atoms with Gasteiger partial charge in [0.2, 0.25) is 0 Å². The fourth-order valence-electron chi connectivity index (χ4n) is 3.70. The van der Waals surface area contributed by atoms with Gasteiger partial charge in [0, 0.05) is 52.1 Å². The lowest BCUT2D eigenvalue weighted by Gasteiger charge is -2.37. The maximum absolute atomic E-state index is 12.6. The van der Waals surface area contributed by atoms with Crippen LogP contribution in [0.15, 0.2) is 18.3 Å². The molecule has 1 saturated carbocycles. The van der Waals surface area contributed by atoms with Crippen molar-refractivity contribution in [3.8, 4) is 0 Å². The molecule has 0 spiro atoms. The van der Waals surface area contributed by atoms with Crippen molar-refractivity contribution in [1.29, 1.82) is 0 Å². The molecular formula is C17H25N3O2. The van der Waals surface area contributed by atoms with Crippen LogP contribution in [0.5, 0.6) is 0 Å². The van der Waals surface area contributed by atoms with Gasteiger partial charge in [0.05, 0.1) is 6.10 Å². The lowest BCUT2D eigenvalue weighted by molar-refractivity contribution is 0.0490. The van der Waals surface area contributed by atoms with Gasteiger partial charge in [0.1, 0.15) is 5.69 Å². The van der Waals surface area contributed by atoms with Crippen LogP contribution in [0, 0.1) is 5.92 Å². The third-order valence-electron chi connectivity index (χ3n) is 5.29. The highest BCUT2D eigenvalue weighted by molar-refractivity contribution is 5.92. The number of rotatable bonds is 4. The monoisotopic (exact) mass is 303 g/mol. The van der Waals surface area contributed by atoms with E-state index in [-0.39, 0.29) is 5.91 Å². The number of amides is 1. The van der Waals surface area contributed by atoms with Gasteiger partial charge in [-0.15, -0.1) is 0 Å². The zero-order valence-corrected chi connectivity index (χ0v) is 13.3. The van der Waals surface area contributed by atoms with Gasteiger partial charge in [-0.25, -0.2) is 0 Å². The third kappa shape index (κ3) is 2.79. The first-order chi connectivity index (χ1) is 10.7. The Labute approximate surface area is 131 Å². The minimum atomic E-state index is 0.162. The Hall–Kier alpha value is -1.33. The molecule has 1 aromatic heterocycles. The predicted octanol–water partition coefficient (Wildman–Crippen LogP) is 1.35. The summed E-state index contributed by atoms with van der Waals surface area (Å²) in [5, 5.41) is 0. The van der Waals surface area contributed by atoms with Gasteiger partial charge < -0.3 is 14.2 Å². The standard InChI is InChI=1S/C17H25N3O2/c1-18-6-2-3-16(18)17(21)20-8-7-19-11-15(9-14(19)10-20)22-12-13-4-5-13/h2-3,6,13-15H,4-5,7-12H2,1H3/t14-,15+/m0/s1. The predicted molar refractivity (Wildman–Crippen MR) is 83.8 cm³/mol. The minimum Gasteiger partial charge on any atom is -0.377 e. The van der Waals surface area contributed by atoms with Gasteiger partial charge in [0.15, 0.2) is 0 Å². The molecule has 0 unspecified atom stereocenters. The van der Waals surface area contributed by atoms with Crippen molar-refractivity contribution < 1.29 is 9.53 Å². The lowest BCUT2D eigenvalue weighted by Crippen LogP contribution is -2.52. The summed E-state index contributed by atoms with van der Waals surface area (Å²) in [4.78, 5) is 17.2. The number of fused-ring (bicyclic) bond motifs is 1. The zero-order valence-electron chi connectivity index (χ0n) is 13.3. The molecule has 0 N–H and O–H groups in total. The van der Waals surface area contributed by atoms with E-state index in [0.29, 0.717) is 12.1 Å². The van der Waals surface area contributed by atoms with Crippen LogP contribution in [0.1, 0.15) is 29.8 Å². The second kappa shape index (κ2) is 5.70. The van der Waals surface area contributed by atoms with E-state index in [0.717, 1.165) is 50.8 Å². The van der Waals surface area contributed by atoms with E-state index in [1.807, 2.05) is 34.8 Å². The fourth-order valence-corrected chi connectivity index (χ4v) is 3.70. The molecule has 5 nitrogen and oxygen atoms in total. The summed E-state index contributed by atoms with van der Waals surface area (Å²) in [6.45, 7) is 4.63. The molecule has 120 valence electrons. The molecule has 2 atom stereocenters. The molecule has 1 amide bonds. The van der Waals surface area contributed by atoms with Crippen molar-refractivity contribution in [2.45, 2.75) is 31.4 Å². The number of piperazine rings is 1. The third-order valence-corrected chi connectivity index (χ3v) is 5.29. The Balaban J connectivity index is 1.35. The van der Waals surface area contributed by atoms with Crippen LogP contribution in [0.4, 0.5) is 0 Å². The Bertz CT molecular complexity index is 552. The minimum absolute atomic E-state index is 0.162. The fraction of sp³-hybridized carbons (Fsp3) is 0.706. The summed E-state index contributed by atoms with van der Waals surface area (Å²) >= 11 is 0. The van der Waals surface area contributed by atoms with Gasteiger partial charge in [-0.2, -0.15) is 0 Å². The maximum atomic E-state index is 12.6. The summed E-state index contributed by atoms with van der Waals surface area (Å²) in [7, 11) is 1.93. The van der Waals surface area contributed by atoms with Gasteiger partial charge in [-0.1, -0.05) is 0 Å². The molecule has 1 aliphatic carbocycles. The van der Waals surface area contributed by atoms with E-state index in [1.165, 1.54) is 12.8 Å². The molecule has 3 aliphatic rings. The number of hydrogen-bond acceptors (Lipinski definition) is 3. The second-order valence-electron chi connectivity index (χ2n) is 7.04. The molecule has 5 heteroatoms. The molecular weight excluding hydrogens is 278 g/mol. The van der Waals surface area contributed by atoms with Gasteiger partial charge in [0.25, 0.3) is 5.91 Å². The van der Waals surface area contributed by atoms with Crippen LogP contribution >= 0.6 is 0 Å². The topological polar surface area (TPSA) is 37.7 Å². The molecule has 3 fully saturated rings. The molecule has 2 aliphatic heterocycles. The van der Waals surface area contributed by atoms with Crippen LogP contribution in [-0.4, -0.2) is 65.2 Å². The molecule has 0 bridgehead atoms. The quantitative estimate of drug-likeness (QED) is 0.843. The van der Waals surface area contributed by atoms with E-state index in [1.54, 1.807) is 0 Å². The lowest BCUT2D eigenvalue weighted by atomic mass is 10.1. The molecule has 3 heterocycles. The van der Waals surface area contributed by atoms with Gasteiger partial charge in [-0.3, -0.25) is 9.69 Å². The first-order valence-electron chi connectivity index (χ1n) is 8.47. The normalized spacial score (nSPS) is 28.9. The largest absolute Gasteiger partial charge is 0.377 e. The average Bonchev–Trinajstić information content (AvgIpc) is 3.11. The van der Waals surface area contributed by atoms with E-state index in [4.69, 9.17) is 4.74 Å². The average molecular weight is 303 g/mol. The summed E-state index contributed by atoms with van der Waals surface area (Å²) in [5.41, 5.74) is 0.785. The first-order valence-corrected chi connectivity index (χ1v) is 8.47. The highest BCUT2D eigenvalue weighted by Gasteiger charge is 2.38. The highest BCUT2D eigenvalue weighted by Crippen LogP contribution is 2.31. The van der Waals surface area contributed by atoms with E-state index in [9.17, 15) is 4.79 Å². The number of carbonyl (C=O) groups excluding carboxylic acids is 1. The van der Waals surface area contributed by atoms with Gasteiger partial charge in [-0.05, 0) is 37.3 Å². The zero-order chi connectivity index (χ0) is 15.1. The molecule has 22 heavy (non-hydrogen) atoms. The summed E-state index contributed by atoms with van der Waals surface area (Å²) in [6.07, 6.45) is 6.07. The van der Waals surface area contributed by atoms with Crippen molar-refractivity contribution in [2.75, 3.05) is 32.8 Å². The smallest absolute Gasteiger partial charge is 0.270 e. The van der Waals surface area contributed by atoms with Gasteiger partial charge >= 0.3 is 0 Å². The van der Waals surface area contributed by atoms with E-state index in [2.05, 4.69) is 4.90 Å². The van der Waals surface area contributed by atoms with E-state index < -0.39 is 0 Å². The van der Waals surface area contributed by atoms with Crippen LogP contribution in [0.2, 0.25) is 0 Å². The Kier molecular flexibility index (Phi) is 3.70. The van der Waals surface area contributed by atoms with Crippen molar-refractivity contribution in [1.82, 2.24) is 14.4 Å². The number of nitrogens with zero attached hydrogens (tertiary/aromatic N) is 3. The Morgan fingerprint density at radius 2 is 2.18 bits per heavy atom. The van der Waals surface area contributed by atoms with Crippen molar-refractivity contribution in [3.63, 3.8) is 0 Å². The van der Waals surface area contributed by atoms with Crippen molar-refractivity contribution in [3.05, 3.63) is 24.0 Å². The Morgan fingerprint density at radius 3 is 2.91 bits per heavy atom. The van der Waals surface area contributed by atoms with Crippen LogP contribution in [0.25, 0.3) is 0 Å². The number of ether oxygens (including phenoxy) is 1. The summed E-state index contributed by atoms with van der Waals surface area (Å²) in [6, 6.07) is 4.31. The molecule has 4 rings (SSSR count). The molecule has 0 aromatic carbocycles. The van der Waals surface area contributed by atoms with Crippen molar-refractivity contribution >= 4 is 5.91 Å². The van der Waals surface area contributed by atoms with Crippen LogP contribution in [0.3, 0.4) is 0 Å². The molecule has 1 aromatic rings. The first kappa shape index (κ1) is 14.3. The number of aromatic nitrogens is 1. The highest BCUT2D eigenvalue weighted by atomic mass is 16.5. The number of hydrogen-bond donors (Lipinski definition) is 0. The summed E-state index contributed by atoms with van der Waals surface area (Å²) in [5.74, 6) is 0.988. The number of carbonyl (C=O) groups is 1. The van der Waals surface area contributed by atoms with Crippen molar-refractivity contribution in [2.24, 2.45) is 13.0 Å². The number of aryl methyl sites for hydroxylation is 1. The van der Waals surface area contributed by atoms with Crippen LogP contribution < -0.4 is 0 Å². The molecule has 0 radical (unpaired) electrons.